The van der Waals surface area contributed by atoms with E-state index in [2.05, 4.69) is 28.2 Å². The molecule has 0 radical (unpaired) electrons. The Morgan fingerprint density at radius 1 is 1.12 bits per heavy atom. The molecule has 0 saturated carbocycles. The van der Waals surface area contributed by atoms with E-state index in [0.717, 1.165) is 27.6 Å². The number of fused-ring (bicyclic) bond motifs is 1. The summed E-state index contributed by atoms with van der Waals surface area (Å²) in [6, 6.07) is 10.3. The van der Waals surface area contributed by atoms with E-state index in [9.17, 15) is 4.39 Å². The molecule has 0 amide bonds. The van der Waals surface area contributed by atoms with E-state index < -0.39 is 0 Å². The Kier molecular flexibility index (Phi) is 4.01. The van der Waals surface area contributed by atoms with Crippen molar-refractivity contribution >= 4 is 17.4 Å². The zero-order chi connectivity index (χ0) is 17.4. The fourth-order valence-electron chi connectivity index (χ4n) is 2.70. The van der Waals surface area contributed by atoms with Gasteiger partial charge in [0.15, 0.2) is 11.0 Å². The molecular weight excluding hydrogens is 337 g/mol. The van der Waals surface area contributed by atoms with Crippen LogP contribution in [0.15, 0.2) is 53.9 Å². The molecule has 0 fully saturated rings. The van der Waals surface area contributed by atoms with Gasteiger partial charge in [-0.3, -0.25) is 0 Å². The van der Waals surface area contributed by atoms with E-state index in [1.54, 1.807) is 23.9 Å². The molecule has 3 aromatic heterocycles. The highest BCUT2D eigenvalue weighted by Crippen LogP contribution is 2.25. The highest BCUT2D eigenvalue weighted by atomic mass is 32.2. The fourth-order valence-corrected chi connectivity index (χ4v) is 3.50. The van der Waals surface area contributed by atoms with Crippen LogP contribution in [0.5, 0.6) is 0 Å². The molecule has 25 heavy (non-hydrogen) atoms. The summed E-state index contributed by atoms with van der Waals surface area (Å²) in [6.07, 6.45) is 4.03. The first kappa shape index (κ1) is 15.8. The van der Waals surface area contributed by atoms with Crippen LogP contribution in [0.3, 0.4) is 0 Å². The first-order valence-corrected chi connectivity index (χ1v) is 8.82. The van der Waals surface area contributed by atoms with Crippen molar-refractivity contribution in [2.24, 2.45) is 7.05 Å². The van der Waals surface area contributed by atoms with Gasteiger partial charge in [0, 0.05) is 30.8 Å². The molecule has 7 heteroatoms. The number of hydrogen-bond donors (Lipinski definition) is 0. The maximum absolute atomic E-state index is 13.1. The zero-order valence-electron chi connectivity index (χ0n) is 13.8. The van der Waals surface area contributed by atoms with Gasteiger partial charge in [-0.2, -0.15) is 0 Å². The predicted molar refractivity (Wildman–Crippen MR) is 95.9 cm³/mol. The standard InChI is InChI=1S/C18H16FN5S/c1-12-4-3-9-24-10-15(20-16(12)24)11-25-18-22-21-17(23(18)2)13-5-7-14(19)8-6-13/h3-10H,11H2,1-2H3. The van der Waals surface area contributed by atoms with Gasteiger partial charge in [-0.05, 0) is 42.8 Å². The van der Waals surface area contributed by atoms with Crippen molar-refractivity contribution in [2.75, 3.05) is 0 Å². The minimum Gasteiger partial charge on any atom is -0.307 e. The van der Waals surface area contributed by atoms with Gasteiger partial charge in [-0.15, -0.1) is 10.2 Å². The van der Waals surface area contributed by atoms with Gasteiger partial charge >= 0.3 is 0 Å². The van der Waals surface area contributed by atoms with Gasteiger partial charge in [0.1, 0.15) is 11.5 Å². The molecule has 4 rings (SSSR count). The number of rotatable bonds is 4. The fraction of sp³-hybridized carbons (Fsp3) is 0.167. The van der Waals surface area contributed by atoms with E-state index in [1.807, 2.05) is 34.5 Å². The molecule has 126 valence electrons. The van der Waals surface area contributed by atoms with Crippen LogP contribution in [0.2, 0.25) is 0 Å². The van der Waals surface area contributed by atoms with E-state index in [4.69, 9.17) is 0 Å². The van der Waals surface area contributed by atoms with Crippen LogP contribution in [0, 0.1) is 12.7 Å². The average molecular weight is 353 g/mol. The third kappa shape index (κ3) is 3.02. The Morgan fingerprint density at radius 3 is 2.68 bits per heavy atom. The zero-order valence-corrected chi connectivity index (χ0v) is 14.7. The quantitative estimate of drug-likeness (QED) is 0.523. The average Bonchev–Trinajstić information content (AvgIpc) is 3.18. The number of benzene rings is 1. The summed E-state index contributed by atoms with van der Waals surface area (Å²) in [6.45, 7) is 2.05. The topological polar surface area (TPSA) is 48.0 Å². The molecule has 0 atom stereocenters. The Bertz CT molecular complexity index is 1040. The smallest absolute Gasteiger partial charge is 0.191 e. The Balaban J connectivity index is 1.55. The summed E-state index contributed by atoms with van der Waals surface area (Å²) in [5.74, 6) is 1.16. The van der Waals surface area contributed by atoms with Gasteiger partial charge in [-0.1, -0.05) is 17.8 Å². The molecule has 0 unspecified atom stereocenters. The van der Waals surface area contributed by atoms with Crippen molar-refractivity contribution in [2.45, 2.75) is 17.8 Å². The molecule has 0 aliphatic heterocycles. The van der Waals surface area contributed by atoms with Gasteiger partial charge in [0.05, 0.1) is 5.69 Å². The van der Waals surface area contributed by atoms with Gasteiger partial charge in [0.2, 0.25) is 0 Å². The number of hydrogen-bond acceptors (Lipinski definition) is 4. The molecule has 1 aromatic carbocycles. The molecule has 4 aromatic rings. The van der Waals surface area contributed by atoms with E-state index in [0.29, 0.717) is 11.6 Å². The van der Waals surface area contributed by atoms with E-state index >= 15 is 0 Å². The summed E-state index contributed by atoms with van der Waals surface area (Å²) in [5, 5.41) is 9.28. The van der Waals surface area contributed by atoms with Gasteiger partial charge in [0.25, 0.3) is 0 Å². The Labute approximate surface area is 148 Å². The van der Waals surface area contributed by atoms with Crippen LogP contribution in [0.4, 0.5) is 4.39 Å². The minimum absolute atomic E-state index is 0.261. The summed E-state index contributed by atoms with van der Waals surface area (Å²) in [4.78, 5) is 4.67. The SMILES string of the molecule is Cc1cccn2cc(CSc3nnc(-c4ccc(F)cc4)n3C)nc12. The molecule has 0 saturated heterocycles. The van der Waals surface area contributed by atoms with Crippen LogP contribution >= 0.6 is 11.8 Å². The molecule has 0 aliphatic carbocycles. The van der Waals surface area contributed by atoms with Gasteiger partial charge in [-0.25, -0.2) is 9.37 Å². The summed E-state index contributed by atoms with van der Waals surface area (Å²) in [7, 11) is 1.91. The third-order valence-electron chi connectivity index (χ3n) is 4.01. The Hall–Kier alpha value is -2.67. The minimum atomic E-state index is -0.261. The Morgan fingerprint density at radius 2 is 1.92 bits per heavy atom. The maximum atomic E-state index is 13.1. The van der Waals surface area contributed by atoms with Crippen LogP contribution in [0.1, 0.15) is 11.3 Å². The number of imidazole rings is 1. The monoisotopic (exact) mass is 353 g/mol. The number of aromatic nitrogens is 5. The summed E-state index contributed by atoms with van der Waals surface area (Å²) in [5.41, 5.74) is 3.95. The van der Waals surface area contributed by atoms with Crippen molar-refractivity contribution in [3.8, 4) is 11.4 Å². The first-order valence-electron chi connectivity index (χ1n) is 7.83. The third-order valence-corrected chi connectivity index (χ3v) is 5.07. The lowest BCUT2D eigenvalue weighted by molar-refractivity contribution is 0.628. The number of halogens is 1. The molecule has 0 bridgehead atoms. The van der Waals surface area contributed by atoms with E-state index in [-0.39, 0.29) is 5.82 Å². The predicted octanol–water partition coefficient (Wildman–Crippen LogP) is 3.87. The normalized spacial score (nSPS) is 11.3. The van der Waals surface area contributed by atoms with Crippen LogP contribution < -0.4 is 0 Å². The lowest BCUT2D eigenvalue weighted by Crippen LogP contribution is -1.95. The summed E-state index contributed by atoms with van der Waals surface area (Å²) < 4.78 is 17.0. The van der Waals surface area contributed by atoms with Crippen LogP contribution in [-0.4, -0.2) is 24.1 Å². The largest absolute Gasteiger partial charge is 0.307 e. The highest BCUT2D eigenvalue weighted by molar-refractivity contribution is 7.98. The molecule has 5 nitrogen and oxygen atoms in total. The van der Waals surface area contributed by atoms with Crippen molar-refractivity contribution in [3.05, 3.63) is 65.9 Å². The number of aryl methyl sites for hydroxylation is 1. The maximum Gasteiger partial charge on any atom is 0.191 e. The second-order valence-electron chi connectivity index (χ2n) is 5.82. The number of pyridine rings is 1. The van der Waals surface area contributed by atoms with Crippen LogP contribution in [0.25, 0.3) is 17.0 Å². The second kappa shape index (κ2) is 6.33. The van der Waals surface area contributed by atoms with E-state index in [1.165, 1.54) is 12.1 Å². The lowest BCUT2D eigenvalue weighted by atomic mass is 10.2. The molecular formula is C18H16FN5S. The molecule has 3 heterocycles. The first-order chi connectivity index (χ1) is 12.1. The molecule has 0 spiro atoms. The second-order valence-corrected chi connectivity index (χ2v) is 6.76. The van der Waals surface area contributed by atoms with Crippen LogP contribution in [-0.2, 0) is 12.8 Å². The van der Waals surface area contributed by atoms with Crippen molar-refractivity contribution in [1.82, 2.24) is 24.1 Å². The highest BCUT2D eigenvalue weighted by Gasteiger charge is 2.12. The van der Waals surface area contributed by atoms with Gasteiger partial charge < -0.3 is 8.97 Å². The van der Waals surface area contributed by atoms with Crippen molar-refractivity contribution in [1.29, 1.82) is 0 Å². The molecule has 0 N–H and O–H groups in total. The summed E-state index contributed by atoms with van der Waals surface area (Å²) >= 11 is 1.58. The number of nitrogens with zero attached hydrogens (tertiary/aromatic N) is 5. The van der Waals surface area contributed by atoms with Crippen molar-refractivity contribution < 1.29 is 4.39 Å². The van der Waals surface area contributed by atoms with Crippen molar-refractivity contribution in [3.63, 3.8) is 0 Å². The molecule has 0 aliphatic rings. The number of thioether (sulfide) groups is 1. The lowest BCUT2D eigenvalue weighted by Gasteiger charge is -2.03.